The molecule has 0 saturated heterocycles. The first-order valence-corrected chi connectivity index (χ1v) is 6.69. The van der Waals surface area contributed by atoms with E-state index in [-0.39, 0.29) is 0 Å². The SMILES string of the molecule is COC1CC(Nc2ccc(Br)cc2C(N)=S)C1. The topological polar surface area (TPSA) is 47.3 Å². The van der Waals surface area contributed by atoms with Gasteiger partial charge in [-0.05, 0) is 31.0 Å². The normalized spacial score (nSPS) is 22.9. The number of halogens is 1. The largest absolute Gasteiger partial charge is 0.389 e. The first-order chi connectivity index (χ1) is 8.10. The summed E-state index contributed by atoms with van der Waals surface area (Å²) in [6.45, 7) is 0. The van der Waals surface area contributed by atoms with Crippen molar-refractivity contribution in [2.24, 2.45) is 5.73 Å². The summed E-state index contributed by atoms with van der Waals surface area (Å²) in [4.78, 5) is 0.413. The lowest BCUT2D eigenvalue weighted by molar-refractivity contribution is 0.0329. The lowest BCUT2D eigenvalue weighted by atomic mass is 9.89. The zero-order valence-electron chi connectivity index (χ0n) is 9.57. The molecule has 92 valence electrons. The van der Waals surface area contributed by atoms with Crippen LogP contribution in [0.15, 0.2) is 22.7 Å². The van der Waals surface area contributed by atoms with Gasteiger partial charge in [0.1, 0.15) is 4.99 Å². The van der Waals surface area contributed by atoms with Crippen molar-refractivity contribution in [2.45, 2.75) is 25.0 Å². The Hall–Kier alpha value is -0.650. The maximum absolute atomic E-state index is 5.72. The van der Waals surface area contributed by atoms with Crippen LogP contribution in [-0.2, 0) is 4.74 Å². The lowest BCUT2D eigenvalue weighted by Gasteiger charge is -2.35. The molecule has 1 aliphatic rings. The number of hydrogen-bond acceptors (Lipinski definition) is 3. The minimum Gasteiger partial charge on any atom is -0.389 e. The predicted molar refractivity (Wildman–Crippen MR) is 77.5 cm³/mol. The maximum Gasteiger partial charge on any atom is 0.106 e. The van der Waals surface area contributed by atoms with E-state index in [1.807, 2.05) is 18.2 Å². The van der Waals surface area contributed by atoms with Crippen LogP contribution in [0.3, 0.4) is 0 Å². The molecule has 1 aromatic carbocycles. The van der Waals surface area contributed by atoms with E-state index in [1.54, 1.807) is 7.11 Å². The van der Waals surface area contributed by atoms with Gasteiger partial charge in [-0.2, -0.15) is 0 Å². The zero-order chi connectivity index (χ0) is 12.4. The molecule has 2 rings (SSSR count). The lowest BCUT2D eigenvalue weighted by Crippen LogP contribution is -2.40. The molecule has 0 heterocycles. The quantitative estimate of drug-likeness (QED) is 0.839. The van der Waals surface area contributed by atoms with Crippen molar-refractivity contribution in [3.63, 3.8) is 0 Å². The highest BCUT2D eigenvalue weighted by atomic mass is 79.9. The van der Waals surface area contributed by atoms with Gasteiger partial charge in [0.15, 0.2) is 0 Å². The minimum atomic E-state index is 0.385. The van der Waals surface area contributed by atoms with Crippen molar-refractivity contribution in [1.82, 2.24) is 0 Å². The fourth-order valence-corrected chi connectivity index (χ4v) is 2.47. The third-order valence-electron chi connectivity index (χ3n) is 3.03. The van der Waals surface area contributed by atoms with E-state index >= 15 is 0 Å². The average molecular weight is 315 g/mol. The summed E-state index contributed by atoms with van der Waals surface area (Å²) in [5.41, 5.74) is 7.60. The molecule has 0 aromatic heterocycles. The molecule has 0 spiro atoms. The van der Waals surface area contributed by atoms with E-state index < -0.39 is 0 Å². The summed E-state index contributed by atoms with van der Waals surface area (Å²) in [5.74, 6) is 0. The van der Waals surface area contributed by atoms with E-state index in [4.69, 9.17) is 22.7 Å². The first kappa shape index (κ1) is 12.8. The van der Waals surface area contributed by atoms with Crippen LogP contribution in [0.2, 0.25) is 0 Å². The molecule has 1 aliphatic carbocycles. The average Bonchev–Trinajstić information content (AvgIpc) is 2.24. The number of rotatable bonds is 4. The van der Waals surface area contributed by atoms with Crippen LogP contribution in [-0.4, -0.2) is 24.2 Å². The van der Waals surface area contributed by atoms with E-state index in [1.165, 1.54) is 0 Å². The van der Waals surface area contributed by atoms with Gasteiger partial charge in [-0.1, -0.05) is 28.1 Å². The summed E-state index contributed by atoms with van der Waals surface area (Å²) in [6, 6.07) is 6.38. The maximum atomic E-state index is 5.72. The van der Waals surface area contributed by atoms with Gasteiger partial charge in [-0.3, -0.25) is 0 Å². The predicted octanol–water partition coefficient (Wildman–Crippen LogP) is 2.67. The Labute approximate surface area is 115 Å². The van der Waals surface area contributed by atoms with E-state index in [0.717, 1.165) is 28.6 Å². The first-order valence-electron chi connectivity index (χ1n) is 5.49. The van der Waals surface area contributed by atoms with Crippen molar-refractivity contribution < 1.29 is 4.74 Å². The van der Waals surface area contributed by atoms with Crippen LogP contribution < -0.4 is 11.1 Å². The van der Waals surface area contributed by atoms with Gasteiger partial charge in [0.2, 0.25) is 0 Å². The summed E-state index contributed by atoms with van der Waals surface area (Å²) in [5, 5.41) is 3.45. The van der Waals surface area contributed by atoms with Gasteiger partial charge in [0.05, 0.1) is 6.10 Å². The van der Waals surface area contributed by atoms with E-state index in [9.17, 15) is 0 Å². The fraction of sp³-hybridized carbons (Fsp3) is 0.417. The van der Waals surface area contributed by atoms with Crippen LogP contribution >= 0.6 is 28.1 Å². The Morgan fingerprint density at radius 1 is 1.53 bits per heavy atom. The minimum absolute atomic E-state index is 0.385. The van der Waals surface area contributed by atoms with Gasteiger partial charge < -0.3 is 15.8 Å². The second kappa shape index (κ2) is 5.33. The molecule has 5 heteroatoms. The third-order valence-corrected chi connectivity index (χ3v) is 3.75. The van der Waals surface area contributed by atoms with Crippen molar-refractivity contribution in [3.05, 3.63) is 28.2 Å². The van der Waals surface area contributed by atoms with E-state index in [2.05, 4.69) is 21.2 Å². The monoisotopic (exact) mass is 314 g/mol. The highest BCUT2D eigenvalue weighted by molar-refractivity contribution is 9.10. The molecule has 0 bridgehead atoms. The van der Waals surface area contributed by atoms with Gasteiger partial charge in [0.25, 0.3) is 0 Å². The Kier molecular flexibility index (Phi) is 4.01. The smallest absolute Gasteiger partial charge is 0.106 e. The van der Waals surface area contributed by atoms with Crippen LogP contribution in [0.1, 0.15) is 18.4 Å². The number of anilines is 1. The molecule has 0 unspecified atom stereocenters. The third kappa shape index (κ3) is 2.97. The molecule has 1 saturated carbocycles. The van der Waals surface area contributed by atoms with Crippen LogP contribution in [0, 0.1) is 0 Å². The Morgan fingerprint density at radius 2 is 2.24 bits per heavy atom. The number of ether oxygens (including phenoxy) is 1. The number of benzene rings is 1. The molecular weight excluding hydrogens is 300 g/mol. The van der Waals surface area contributed by atoms with Crippen LogP contribution in [0.25, 0.3) is 0 Å². The van der Waals surface area contributed by atoms with Crippen molar-refractivity contribution >= 4 is 38.8 Å². The van der Waals surface area contributed by atoms with E-state index in [0.29, 0.717) is 17.1 Å². The molecular formula is C12H15BrN2OS. The molecule has 17 heavy (non-hydrogen) atoms. The molecule has 3 N–H and O–H groups in total. The standard InChI is InChI=1S/C12H15BrN2OS/c1-16-9-5-8(6-9)15-11-3-2-7(13)4-10(11)12(14)17/h2-4,8-9,15H,5-6H2,1H3,(H2,14,17). The van der Waals surface area contributed by atoms with Crippen molar-refractivity contribution in [2.75, 3.05) is 12.4 Å². The Morgan fingerprint density at radius 3 is 2.82 bits per heavy atom. The highest BCUT2D eigenvalue weighted by Crippen LogP contribution is 2.29. The number of methoxy groups -OCH3 is 1. The van der Waals surface area contributed by atoms with Crippen molar-refractivity contribution in [3.8, 4) is 0 Å². The number of hydrogen-bond donors (Lipinski definition) is 2. The summed E-state index contributed by atoms with van der Waals surface area (Å²) in [7, 11) is 1.75. The van der Waals surface area contributed by atoms with Gasteiger partial charge in [0, 0.05) is 28.9 Å². The number of nitrogens with one attached hydrogen (secondary N) is 1. The summed E-state index contributed by atoms with van der Waals surface area (Å²) >= 11 is 8.47. The summed E-state index contributed by atoms with van der Waals surface area (Å²) < 4.78 is 6.23. The van der Waals surface area contributed by atoms with Crippen molar-refractivity contribution in [1.29, 1.82) is 0 Å². The van der Waals surface area contributed by atoms with Gasteiger partial charge in [-0.25, -0.2) is 0 Å². The fourth-order valence-electron chi connectivity index (χ4n) is 1.94. The highest BCUT2D eigenvalue weighted by Gasteiger charge is 2.29. The molecule has 1 aromatic rings. The Bertz CT molecular complexity index is 433. The van der Waals surface area contributed by atoms with Crippen LogP contribution in [0.5, 0.6) is 0 Å². The second-order valence-corrected chi connectivity index (χ2v) is 5.58. The Balaban J connectivity index is 2.08. The van der Waals surface area contributed by atoms with Gasteiger partial charge in [-0.15, -0.1) is 0 Å². The molecule has 3 nitrogen and oxygen atoms in total. The molecule has 0 atom stereocenters. The van der Waals surface area contributed by atoms with Gasteiger partial charge >= 0.3 is 0 Å². The molecule has 1 fully saturated rings. The number of thiocarbonyl (C=S) groups is 1. The second-order valence-electron chi connectivity index (χ2n) is 4.22. The molecule has 0 amide bonds. The number of nitrogens with two attached hydrogens (primary N) is 1. The van der Waals surface area contributed by atoms with Crippen LogP contribution in [0.4, 0.5) is 5.69 Å². The molecule has 0 aliphatic heterocycles. The zero-order valence-corrected chi connectivity index (χ0v) is 12.0. The summed E-state index contributed by atoms with van der Waals surface area (Å²) in [6.07, 6.45) is 2.45. The molecule has 0 radical (unpaired) electrons.